The molecule has 0 saturated carbocycles. The number of esters is 1. The molecule has 0 N–H and O–H groups in total. The highest BCUT2D eigenvalue weighted by molar-refractivity contribution is 7.93. The van der Waals surface area contributed by atoms with Crippen LogP contribution in [0.4, 0.5) is 5.69 Å². The van der Waals surface area contributed by atoms with Crippen molar-refractivity contribution in [2.75, 3.05) is 30.5 Å². The minimum Gasteiger partial charge on any atom is -0.454 e. The van der Waals surface area contributed by atoms with Gasteiger partial charge in [0, 0.05) is 18.5 Å². The highest BCUT2D eigenvalue weighted by Crippen LogP contribution is 2.41. The maximum Gasteiger partial charge on any atom is 0.327 e. The number of piperidine rings is 1. The SMILES string of the molecule is C[C@@H]1C[C@H](C)CN(C(=O)COC(=O)CN2c3cccc4cccc(c34)S2(=O)=O)C1. The molecule has 2 aromatic rings. The number of benzene rings is 2. The molecule has 1 fully saturated rings. The van der Waals surface area contributed by atoms with Crippen LogP contribution in [0.5, 0.6) is 0 Å². The molecule has 0 unspecified atom stereocenters. The summed E-state index contributed by atoms with van der Waals surface area (Å²) in [7, 11) is -3.83. The fourth-order valence-corrected chi connectivity index (χ4v) is 6.05. The maximum atomic E-state index is 12.9. The third-order valence-corrected chi connectivity index (χ3v) is 7.33. The third-order valence-electron chi connectivity index (χ3n) is 5.53. The molecule has 2 aliphatic heterocycles. The molecule has 0 bridgehead atoms. The van der Waals surface area contributed by atoms with Crippen molar-refractivity contribution >= 4 is 38.4 Å². The lowest BCUT2D eigenvalue weighted by atomic mass is 9.92. The van der Waals surface area contributed by atoms with Gasteiger partial charge in [-0.3, -0.25) is 13.9 Å². The molecule has 29 heavy (non-hydrogen) atoms. The molecule has 2 atom stereocenters. The molecule has 7 nitrogen and oxygen atoms in total. The molecule has 4 rings (SSSR count). The lowest BCUT2D eigenvalue weighted by Crippen LogP contribution is -2.44. The van der Waals surface area contributed by atoms with E-state index in [4.69, 9.17) is 4.74 Å². The van der Waals surface area contributed by atoms with Gasteiger partial charge in [0.15, 0.2) is 6.61 Å². The molecule has 0 spiro atoms. The van der Waals surface area contributed by atoms with Crippen LogP contribution in [0.2, 0.25) is 0 Å². The summed E-state index contributed by atoms with van der Waals surface area (Å²) in [5, 5.41) is 1.40. The Kier molecular flexibility index (Phi) is 4.98. The number of carbonyl (C=O) groups excluding carboxylic acids is 2. The zero-order valence-corrected chi connectivity index (χ0v) is 17.3. The number of amides is 1. The molecule has 0 aliphatic carbocycles. The Morgan fingerprint density at radius 3 is 2.41 bits per heavy atom. The number of anilines is 1. The smallest absolute Gasteiger partial charge is 0.327 e. The van der Waals surface area contributed by atoms with Crippen molar-refractivity contribution in [1.82, 2.24) is 4.90 Å². The molecular formula is C21H24N2O5S. The van der Waals surface area contributed by atoms with E-state index in [-0.39, 0.29) is 17.4 Å². The number of ether oxygens (including phenoxy) is 1. The third kappa shape index (κ3) is 3.57. The van der Waals surface area contributed by atoms with E-state index < -0.39 is 22.5 Å². The maximum absolute atomic E-state index is 12.9. The van der Waals surface area contributed by atoms with Gasteiger partial charge in [-0.15, -0.1) is 0 Å². The summed E-state index contributed by atoms with van der Waals surface area (Å²) in [5.41, 5.74) is 0.458. The van der Waals surface area contributed by atoms with E-state index in [1.807, 2.05) is 12.1 Å². The molecule has 2 aliphatic rings. The van der Waals surface area contributed by atoms with Crippen molar-refractivity contribution in [1.29, 1.82) is 0 Å². The molecule has 1 amide bonds. The van der Waals surface area contributed by atoms with Gasteiger partial charge >= 0.3 is 5.97 Å². The molecule has 2 aromatic carbocycles. The number of sulfonamides is 1. The second-order valence-electron chi connectivity index (χ2n) is 8.05. The lowest BCUT2D eigenvalue weighted by Gasteiger charge is -2.34. The first-order valence-corrected chi connectivity index (χ1v) is 11.2. The average molecular weight is 416 g/mol. The predicted molar refractivity (Wildman–Crippen MR) is 109 cm³/mol. The highest BCUT2D eigenvalue weighted by atomic mass is 32.2. The largest absolute Gasteiger partial charge is 0.454 e. The standard InChI is InChI=1S/C21H24N2O5S/c1-14-9-15(2)11-22(10-14)19(24)13-28-20(25)12-23-17-7-3-5-16-6-4-8-18(21(16)17)29(23,26)27/h3-8,14-15H,9-13H2,1-2H3/t14-,15+. The van der Waals surface area contributed by atoms with Gasteiger partial charge < -0.3 is 9.64 Å². The minimum absolute atomic E-state index is 0.186. The first kappa shape index (κ1) is 19.7. The van der Waals surface area contributed by atoms with Gasteiger partial charge in [-0.1, -0.05) is 38.1 Å². The summed E-state index contributed by atoms with van der Waals surface area (Å²) in [6, 6.07) is 10.3. The van der Waals surface area contributed by atoms with E-state index in [0.29, 0.717) is 36.0 Å². The first-order chi connectivity index (χ1) is 13.8. The van der Waals surface area contributed by atoms with Crippen LogP contribution in [0.1, 0.15) is 20.3 Å². The summed E-state index contributed by atoms with van der Waals surface area (Å²) in [4.78, 5) is 26.7. The fraction of sp³-hybridized carbons (Fsp3) is 0.429. The molecule has 154 valence electrons. The first-order valence-electron chi connectivity index (χ1n) is 9.75. The van der Waals surface area contributed by atoms with E-state index in [2.05, 4.69) is 13.8 Å². The average Bonchev–Trinajstić information content (AvgIpc) is 2.89. The summed E-state index contributed by atoms with van der Waals surface area (Å²) in [6.45, 7) is 4.66. The van der Waals surface area contributed by atoms with Crippen molar-refractivity contribution in [3.8, 4) is 0 Å². The van der Waals surface area contributed by atoms with Crippen molar-refractivity contribution in [3.63, 3.8) is 0 Å². The Labute approximate surface area is 170 Å². The Morgan fingerprint density at radius 1 is 1.07 bits per heavy atom. The van der Waals surface area contributed by atoms with Crippen molar-refractivity contribution in [3.05, 3.63) is 36.4 Å². The molecule has 2 heterocycles. The van der Waals surface area contributed by atoms with Crippen molar-refractivity contribution in [2.45, 2.75) is 25.2 Å². The Morgan fingerprint density at radius 2 is 1.72 bits per heavy atom. The van der Waals surface area contributed by atoms with Gasteiger partial charge in [-0.25, -0.2) is 8.42 Å². The Bertz CT molecular complexity index is 1070. The second-order valence-corrected chi connectivity index (χ2v) is 9.88. The van der Waals surface area contributed by atoms with E-state index in [0.717, 1.165) is 16.1 Å². The van der Waals surface area contributed by atoms with Gasteiger partial charge in [-0.05, 0) is 35.8 Å². The number of carbonyl (C=O) groups is 2. The second kappa shape index (κ2) is 7.33. The number of rotatable bonds is 4. The number of hydrogen-bond donors (Lipinski definition) is 0. The monoisotopic (exact) mass is 416 g/mol. The topological polar surface area (TPSA) is 84.0 Å². The summed E-state index contributed by atoms with van der Waals surface area (Å²) < 4.78 is 32.0. The van der Waals surface area contributed by atoms with E-state index >= 15 is 0 Å². The summed E-state index contributed by atoms with van der Waals surface area (Å²) in [5.74, 6) is -0.171. The molecular weight excluding hydrogens is 392 g/mol. The Balaban J connectivity index is 1.44. The fourth-order valence-electron chi connectivity index (χ4n) is 4.39. The molecule has 8 heteroatoms. The summed E-state index contributed by atoms with van der Waals surface area (Å²) in [6.07, 6.45) is 1.07. The number of nitrogens with zero attached hydrogens (tertiary/aromatic N) is 2. The number of likely N-dealkylation sites (tertiary alicyclic amines) is 1. The molecule has 1 saturated heterocycles. The Hall–Kier alpha value is -2.61. The predicted octanol–water partition coefficient (Wildman–Crippen LogP) is 2.40. The van der Waals surface area contributed by atoms with E-state index in [9.17, 15) is 18.0 Å². The zero-order chi connectivity index (χ0) is 20.8. The van der Waals surface area contributed by atoms with Gasteiger partial charge in [-0.2, -0.15) is 0 Å². The van der Waals surface area contributed by atoms with E-state index in [1.165, 1.54) is 6.07 Å². The van der Waals surface area contributed by atoms with Crippen LogP contribution < -0.4 is 4.31 Å². The van der Waals surface area contributed by atoms with Crippen molar-refractivity contribution < 1.29 is 22.7 Å². The van der Waals surface area contributed by atoms with Crippen LogP contribution in [-0.4, -0.2) is 51.4 Å². The van der Waals surface area contributed by atoms with Crippen molar-refractivity contribution in [2.24, 2.45) is 11.8 Å². The van der Waals surface area contributed by atoms with Gasteiger partial charge in [0.1, 0.15) is 6.54 Å². The minimum atomic E-state index is -3.83. The van der Waals surface area contributed by atoms with Crippen LogP contribution in [0.15, 0.2) is 41.3 Å². The van der Waals surface area contributed by atoms with Gasteiger partial charge in [0.25, 0.3) is 15.9 Å². The van der Waals surface area contributed by atoms with Crippen LogP contribution in [0.25, 0.3) is 10.8 Å². The van der Waals surface area contributed by atoms with E-state index in [1.54, 1.807) is 23.1 Å². The van der Waals surface area contributed by atoms with Crippen LogP contribution >= 0.6 is 0 Å². The van der Waals surface area contributed by atoms with Crippen LogP contribution in [0.3, 0.4) is 0 Å². The molecule has 0 aromatic heterocycles. The zero-order valence-electron chi connectivity index (χ0n) is 16.5. The number of hydrogen-bond acceptors (Lipinski definition) is 5. The van der Waals surface area contributed by atoms with Gasteiger partial charge in [0.2, 0.25) is 0 Å². The van der Waals surface area contributed by atoms with Crippen LogP contribution in [-0.2, 0) is 24.3 Å². The quantitative estimate of drug-likeness (QED) is 0.715. The van der Waals surface area contributed by atoms with Gasteiger partial charge in [0.05, 0.1) is 10.6 Å². The normalized spacial score (nSPS) is 22.7. The lowest BCUT2D eigenvalue weighted by molar-refractivity contribution is -0.151. The summed E-state index contributed by atoms with van der Waals surface area (Å²) >= 11 is 0. The van der Waals surface area contributed by atoms with Crippen LogP contribution in [0, 0.1) is 11.8 Å². The molecule has 0 radical (unpaired) electrons. The highest BCUT2D eigenvalue weighted by Gasteiger charge is 2.37.